The van der Waals surface area contributed by atoms with Crippen molar-refractivity contribution in [1.82, 2.24) is 4.98 Å². The Labute approximate surface area is 156 Å². The second-order valence-electron chi connectivity index (χ2n) is 6.21. The second-order valence-corrected chi connectivity index (χ2v) is 6.21. The number of aromatic nitrogens is 1. The van der Waals surface area contributed by atoms with Crippen LogP contribution in [0.1, 0.15) is 15.9 Å². The first-order valence-electron chi connectivity index (χ1n) is 8.56. The molecule has 0 saturated carbocycles. The number of fused-ring (bicyclic) bond motifs is 1. The number of oxazole rings is 1. The molecule has 1 aromatic heterocycles. The number of nitrogens with zero attached hydrogens (tertiary/aromatic N) is 1. The molecule has 5 nitrogen and oxygen atoms in total. The minimum atomic E-state index is -0.145. The molecule has 0 aliphatic carbocycles. The number of methoxy groups -OCH3 is 1. The summed E-state index contributed by atoms with van der Waals surface area (Å²) in [6.07, 6.45) is 0. The van der Waals surface area contributed by atoms with Crippen LogP contribution in [0.25, 0.3) is 22.6 Å². The van der Waals surface area contributed by atoms with E-state index in [0.717, 1.165) is 22.4 Å². The highest BCUT2D eigenvalue weighted by Crippen LogP contribution is 2.30. The van der Waals surface area contributed by atoms with Gasteiger partial charge < -0.3 is 14.5 Å². The summed E-state index contributed by atoms with van der Waals surface area (Å²) in [7, 11) is 1.63. The fraction of sp³-hybridized carbons (Fsp3) is 0.0909. The number of amides is 1. The average Bonchev–Trinajstić information content (AvgIpc) is 3.14. The molecule has 5 heteroatoms. The fourth-order valence-corrected chi connectivity index (χ4v) is 2.90. The van der Waals surface area contributed by atoms with E-state index in [9.17, 15) is 4.79 Å². The van der Waals surface area contributed by atoms with E-state index in [0.29, 0.717) is 22.7 Å². The third kappa shape index (κ3) is 3.40. The molecule has 0 radical (unpaired) electrons. The molecule has 0 aliphatic heterocycles. The van der Waals surface area contributed by atoms with Crippen molar-refractivity contribution >= 4 is 22.7 Å². The smallest absolute Gasteiger partial charge is 0.255 e. The lowest BCUT2D eigenvalue weighted by Crippen LogP contribution is -2.11. The minimum absolute atomic E-state index is 0.145. The van der Waals surface area contributed by atoms with Gasteiger partial charge in [0.25, 0.3) is 5.91 Å². The van der Waals surface area contributed by atoms with Crippen molar-refractivity contribution in [3.63, 3.8) is 0 Å². The van der Waals surface area contributed by atoms with Crippen molar-refractivity contribution < 1.29 is 13.9 Å². The number of hydrogen-bond acceptors (Lipinski definition) is 4. The topological polar surface area (TPSA) is 64.4 Å². The SMILES string of the molecule is COc1cc(C)c2nc(-c3ccc(NC(=O)c4ccccc4)cc3)oc2c1. The quantitative estimate of drug-likeness (QED) is 0.553. The lowest BCUT2D eigenvalue weighted by molar-refractivity contribution is 0.102. The lowest BCUT2D eigenvalue weighted by atomic mass is 10.2. The summed E-state index contributed by atoms with van der Waals surface area (Å²) in [5.41, 5.74) is 4.65. The van der Waals surface area contributed by atoms with E-state index in [-0.39, 0.29) is 5.91 Å². The summed E-state index contributed by atoms with van der Waals surface area (Å²) in [4.78, 5) is 16.8. The summed E-state index contributed by atoms with van der Waals surface area (Å²) in [6.45, 7) is 1.97. The highest BCUT2D eigenvalue weighted by Gasteiger charge is 2.12. The minimum Gasteiger partial charge on any atom is -0.497 e. The molecule has 1 heterocycles. The third-order valence-corrected chi connectivity index (χ3v) is 4.32. The molecule has 1 amide bonds. The highest BCUT2D eigenvalue weighted by molar-refractivity contribution is 6.04. The number of ether oxygens (including phenoxy) is 1. The first kappa shape index (κ1) is 16.8. The molecule has 1 N–H and O–H groups in total. The summed E-state index contributed by atoms with van der Waals surface area (Å²) in [6, 6.07) is 20.3. The van der Waals surface area contributed by atoms with E-state index in [1.54, 1.807) is 19.2 Å². The molecule has 0 bridgehead atoms. The van der Waals surface area contributed by atoms with Gasteiger partial charge in [-0.05, 0) is 55.0 Å². The summed E-state index contributed by atoms with van der Waals surface area (Å²) in [5, 5.41) is 2.88. The molecule has 4 aromatic rings. The van der Waals surface area contributed by atoms with Crippen LogP contribution in [0.2, 0.25) is 0 Å². The van der Waals surface area contributed by atoms with Crippen molar-refractivity contribution in [2.45, 2.75) is 6.92 Å². The predicted molar refractivity (Wildman–Crippen MR) is 105 cm³/mol. The molecular weight excluding hydrogens is 340 g/mol. The van der Waals surface area contributed by atoms with Gasteiger partial charge in [0, 0.05) is 22.9 Å². The maximum Gasteiger partial charge on any atom is 0.255 e. The zero-order chi connectivity index (χ0) is 18.8. The molecule has 3 aromatic carbocycles. The van der Waals surface area contributed by atoms with Gasteiger partial charge in [0.05, 0.1) is 7.11 Å². The van der Waals surface area contributed by atoms with Gasteiger partial charge in [0.1, 0.15) is 11.3 Å². The van der Waals surface area contributed by atoms with Gasteiger partial charge in [-0.15, -0.1) is 0 Å². The molecule has 0 spiro atoms. The number of carbonyl (C=O) groups is 1. The Balaban J connectivity index is 1.58. The number of aryl methyl sites for hydroxylation is 1. The monoisotopic (exact) mass is 358 g/mol. The summed E-state index contributed by atoms with van der Waals surface area (Å²) >= 11 is 0. The molecule has 27 heavy (non-hydrogen) atoms. The van der Waals surface area contributed by atoms with Crippen molar-refractivity contribution in [2.75, 3.05) is 12.4 Å². The Hall–Kier alpha value is -3.60. The van der Waals surface area contributed by atoms with Crippen LogP contribution < -0.4 is 10.1 Å². The standard InChI is InChI=1S/C22H18N2O3/c1-14-12-18(26-2)13-19-20(14)24-22(27-19)16-8-10-17(11-9-16)23-21(25)15-6-4-3-5-7-15/h3-13H,1-2H3,(H,23,25). The maximum absolute atomic E-state index is 12.2. The van der Waals surface area contributed by atoms with Crippen molar-refractivity contribution in [1.29, 1.82) is 0 Å². The van der Waals surface area contributed by atoms with Crippen LogP contribution in [0.15, 0.2) is 71.1 Å². The maximum atomic E-state index is 12.2. The van der Waals surface area contributed by atoms with Gasteiger partial charge >= 0.3 is 0 Å². The van der Waals surface area contributed by atoms with Gasteiger partial charge in [-0.2, -0.15) is 0 Å². The van der Waals surface area contributed by atoms with Gasteiger partial charge in [0.15, 0.2) is 5.58 Å². The van der Waals surface area contributed by atoms with E-state index in [4.69, 9.17) is 9.15 Å². The van der Waals surface area contributed by atoms with Crippen LogP contribution in [0.5, 0.6) is 5.75 Å². The Morgan fingerprint density at radius 2 is 1.78 bits per heavy atom. The van der Waals surface area contributed by atoms with E-state index >= 15 is 0 Å². The number of benzene rings is 3. The van der Waals surface area contributed by atoms with Gasteiger partial charge in [-0.25, -0.2) is 4.98 Å². The van der Waals surface area contributed by atoms with Crippen molar-refractivity contribution in [2.24, 2.45) is 0 Å². The van der Waals surface area contributed by atoms with E-state index in [1.807, 2.05) is 61.5 Å². The number of rotatable bonds is 4. The summed E-state index contributed by atoms with van der Waals surface area (Å²) in [5.74, 6) is 1.12. The van der Waals surface area contributed by atoms with E-state index < -0.39 is 0 Å². The number of hydrogen-bond donors (Lipinski definition) is 1. The second kappa shape index (κ2) is 6.96. The van der Waals surface area contributed by atoms with Gasteiger partial charge in [0.2, 0.25) is 5.89 Å². The van der Waals surface area contributed by atoms with Crippen LogP contribution in [0.4, 0.5) is 5.69 Å². The third-order valence-electron chi connectivity index (χ3n) is 4.32. The van der Waals surface area contributed by atoms with Crippen LogP contribution in [-0.2, 0) is 0 Å². The fourth-order valence-electron chi connectivity index (χ4n) is 2.90. The number of anilines is 1. The largest absolute Gasteiger partial charge is 0.497 e. The lowest BCUT2D eigenvalue weighted by Gasteiger charge is -2.05. The van der Waals surface area contributed by atoms with E-state index in [1.165, 1.54) is 0 Å². The molecule has 0 aliphatic rings. The molecule has 0 unspecified atom stereocenters. The average molecular weight is 358 g/mol. The zero-order valence-corrected chi connectivity index (χ0v) is 15.0. The molecule has 134 valence electrons. The number of carbonyl (C=O) groups excluding carboxylic acids is 1. The molecule has 0 saturated heterocycles. The normalized spacial score (nSPS) is 10.7. The first-order chi connectivity index (χ1) is 13.1. The Kier molecular flexibility index (Phi) is 4.34. The number of nitrogens with one attached hydrogen (secondary N) is 1. The Bertz CT molecular complexity index is 1100. The highest BCUT2D eigenvalue weighted by atomic mass is 16.5. The first-order valence-corrected chi connectivity index (χ1v) is 8.56. The molecule has 0 atom stereocenters. The van der Waals surface area contributed by atoms with Crippen LogP contribution in [0, 0.1) is 6.92 Å². The van der Waals surface area contributed by atoms with Crippen LogP contribution in [-0.4, -0.2) is 18.0 Å². The molecule has 0 fully saturated rings. The van der Waals surface area contributed by atoms with Crippen molar-refractivity contribution in [3.8, 4) is 17.2 Å². The van der Waals surface area contributed by atoms with Crippen LogP contribution in [0.3, 0.4) is 0 Å². The Morgan fingerprint density at radius 1 is 1.04 bits per heavy atom. The van der Waals surface area contributed by atoms with Gasteiger partial charge in [-0.1, -0.05) is 18.2 Å². The zero-order valence-electron chi connectivity index (χ0n) is 15.0. The van der Waals surface area contributed by atoms with Gasteiger partial charge in [-0.3, -0.25) is 4.79 Å². The summed E-state index contributed by atoms with van der Waals surface area (Å²) < 4.78 is 11.2. The predicted octanol–water partition coefficient (Wildman–Crippen LogP) is 5.06. The Morgan fingerprint density at radius 3 is 2.48 bits per heavy atom. The molecular formula is C22H18N2O3. The van der Waals surface area contributed by atoms with E-state index in [2.05, 4.69) is 10.3 Å². The van der Waals surface area contributed by atoms with Crippen LogP contribution >= 0.6 is 0 Å². The van der Waals surface area contributed by atoms with Crippen molar-refractivity contribution in [3.05, 3.63) is 77.9 Å². The molecule has 4 rings (SSSR count).